The standard InChI is InChI=1S/C20H21F3N4O3/c1-13-9-17(24-30-13)19(29)27-11-14(12-27)18(28)26-7-5-25(6-8-26)16-4-2-3-15(10-16)20(21,22)23/h2-4,9-10,14H,5-8,11-12H2,1H3. The molecule has 1 aromatic heterocycles. The first-order valence-corrected chi connectivity index (χ1v) is 9.66. The van der Waals surface area contributed by atoms with Gasteiger partial charge in [-0.3, -0.25) is 9.59 Å². The molecule has 0 unspecified atom stereocenters. The van der Waals surface area contributed by atoms with E-state index in [0.29, 0.717) is 50.7 Å². The molecular formula is C20H21F3N4O3. The van der Waals surface area contributed by atoms with E-state index < -0.39 is 11.7 Å². The number of aromatic nitrogens is 1. The maximum Gasteiger partial charge on any atom is 0.416 e. The van der Waals surface area contributed by atoms with Crippen LogP contribution in [0, 0.1) is 12.8 Å². The SMILES string of the molecule is Cc1cc(C(=O)N2CC(C(=O)N3CCN(c4cccc(C(F)(F)F)c4)CC3)C2)no1. The molecule has 30 heavy (non-hydrogen) atoms. The zero-order valence-electron chi connectivity index (χ0n) is 16.4. The molecule has 7 nitrogen and oxygen atoms in total. The monoisotopic (exact) mass is 422 g/mol. The maximum atomic E-state index is 12.9. The fourth-order valence-corrected chi connectivity index (χ4v) is 3.75. The number of hydrogen-bond donors (Lipinski definition) is 0. The summed E-state index contributed by atoms with van der Waals surface area (Å²) in [6.45, 7) is 4.14. The van der Waals surface area contributed by atoms with Gasteiger partial charge in [0.2, 0.25) is 5.91 Å². The van der Waals surface area contributed by atoms with Crippen molar-refractivity contribution < 1.29 is 27.3 Å². The third kappa shape index (κ3) is 3.99. The van der Waals surface area contributed by atoms with Crippen LogP contribution in [0.3, 0.4) is 0 Å². The van der Waals surface area contributed by atoms with Crippen molar-refractivity contribution in [3.63, 3.8) is 0 Å². The van der Waals surface area contributed by atoms with Gasteiger partial charge in [-0.25, -0.2) is 0 Å². The van der Waals surface area contributed by atoms with E-state index in [4.69, 9.17) is 4.52 Å². The molecule has 0 N–H and O–H groups in total. The number of carbonyl (C=O) groups excluding carboxylic acids is 2. The number of amides is 2. The van der Waals surface area contributed by atoms with Gasteiger partial charge >= 0.3 is 6.18 Å². The lowest BCUT2D eigenvalue weighted by Crippen LogP contribution is -2.59. The average Bonchev–Trinajstić information content (AvgIpc) is 3.12. The molecule has 0 aliphatic carbocycles. The quantitative estimate of drug-likeness (QED) is 0.760. The van der Waals surface area contributed by atoms with Crippen molar-refractivity contribution >= 4 is 17.5 Å². The van der Waals surface area contributed by atoms with Crippen LogP contribution in [0.5, 0.6) is 0 Å². The normalized spacial score (nSPS) is 17.8. The molecule has 4 rings (SSSR count). The van der Waals surface area contributed by atoms with Gasteiger partial charge in [0.1, 0.15) is 5.76 Å². The molecular weight excluding hydrogens is 401 g/mol. The maximum absolute atomic E-state index is 12.9. The van der Waals surface area contributed by atoms with Crippen LogP contribution in [0.15, 0.2) is 34.9 Å². The summed E-state index contributed by atoms with van der Waals surface area (Å²) in [5.41, 5.74) is 0.0494. The van der Waals surface area contributed by atoms with Crippen LogP contribution in [0.25, 0.3) is 0 Å². The Kier molecular flexibility index (Phi) is 5.17. The molecule has 2 aliphatic heterocycles. The Labute approximate surface area is 171 Å². The van der Waals surface area contributed by atoms with Crippen LogP contribution in [-0.2, 0) is 11.0 Å². The Bertz CT molecular complexity index is 945. The van der Waals surface area contributed by atoms with Gasteiger partial charge in [-0.05, 0) is 25.1 Å². The minimum absolute atomic E-state index is 0.0286. The first kappa shape index (κ1) is 20.2. The smallest absolute Gasteiger partial charge is 0.368 e. The first-order valence-electron chi connectivity index (χ1n) is 9.66. The van der Waals surface area contributed by atoms with Crippen molar-refractivity contribution in [2.75, 3.05) is 44.2 Å². The van der Waals surface area contributed by atoms with E-state index in [1.54, 1.807) is 28.9 Å². The van der Waals surface area contributed by atoms with Gasteiger partial charge in [-0.15, -0.1) is 0 Å². The summed E-state index contributed by atoms with van der Waals surface area (Å²) in [5, 5.41) is 3.70. The van der Waals surface area contributed by atoms with Crippen molar-refractivity contribution in [1.82, 2.24) is 15.0 Å². The van der Waals surface area contributed by atoms with Crippen LogP contribution >= 0.6 is 0 Å². The molecule has 2 fully saturated rings. The van der Waals surface area contributed by atoms with Crippen molar-refractivity contribution in [3.8, 4) is 0 Å². The number of nitrogens with zero attached hydrogens (tertiary/aromatic N) is 4. The summed E-state index contributed by atoms with van der Waals surface area (Å²) in [4.78, 5) is 30.1. The van der Waals surface area contributed by atoms with E-state index in [-0.39, 0.29) is 23.4 Å². The minimum Gasteiger partial charge on any atom is -0.368 e. The molecule has 0 spiro atoms. The molecule has 0 saturated carbocycles. The highest BCUT2D eigenvalue weighted by atomic mass is 19.4. The third-order valence-electron chi connectivity index (χ3n) is 5.50. The average molecular weight is 422 g/mol. The van der Waals surface area contributed by atoms with Gasteiger partial charge in [0.25, 0.3) is 5.91 Å². The Balaban J connectivity index is 1.29. The fourth-order valence-electron chi connectivity index (χ4n) is 3.75. The molecule has 2 saturated heterocycles. The lowest BCUT2D eigenvalue weighted by Gasteiger charge is -2.43. The van der Waals surface area contributed by atoms with Gasteiger partial charge in [-0.2, -0.15) is 13.2 Å². The molecule has 3 heterocycles. The lowest BCUT2D eigenvalue weighted by molar-refractivity contribution is -0.140. The molecule has 2 aliphatic rings. The second-order valence-corrected chi connectivity index (χ2v) is 7.59. The number of carbonyl (C=O) groups is 2. The highest BCUT2D eigenvalue weighted by molar-refractivity contribution is 5.94. The largest absolute Gasteiger partial charge is 0.416 e. The number of rotatable bonds is 3. The van der Waals surface area contributed by atoms with Gasteiger partial charge in [-0.1, -0.05) is 11.2 Å². The zero-order valence-corrected chi connectivity index (χ0v) is 16.4. The second kappa shape index (κ2) is 7.66. The number of piperazine rings is 1. The Hall–Kier alpha value is -3.04. The Morgan fingerprint density at radius 2 is 1.77 bits per heavy atom. The number of likely N-dealkylation sites (tertiary alicyclic amines) is 1. The summed E-state index contributed by atoms with van der Waals surface area (Å²) in [5.74, 6) is -0.00321. The van der Waals surface area contributed by atoms with Crippen molar-refractivity contribution in [2.45, 2.75) is 13.1 Å². The van der Waals surface area contributed by atoms with E-state index in [1.807, 2.05) is 4.90 Å². The minimum atomic E-state index is -4.38. The van der Waals surface area contributed by atoms with Crippen molar-refractivity contribution in [2.24, 2.45) is 5.92 Å². The van der Waals surface area contributed by atoms with Gasteiger partial charge < -0.3 is 19.2 Å². The van der Waals surface area contributed by atoms with Crippen LogP contribution in [0.2, 0.25) is 0 Å². The Morgan fingerprint density at radius 1 is 1.07 bits per heavy atom. The molecule has 2 aromatic rings. The summed E-state index contributed by atoms with van der Waals surface area (Å²) >= 11 is 0. The summed E-state index contributed by atoms with van der Waals surface area (Å²) in [7, 11) is 0. The molecule has 0 bridgehead atoms. The summed E-state index contributed by atoms with van der Waals surface area (Å²) in [6.07, 6.45) is -4.38. The topological polar surface area (TPSA) is 69.9 Å². The fraction of sp³-hybridized carbons (Fsp3) is 0.450. The molecule has 160 valence electrons. The number of benzene rings is 1. The molecule has 2 amide bonds. The van der Waals surface area contributed by atoms with E-state index in [9.17, 15) is 22.8 Å². The van der Waals surface area contributed by atoms with Crippen LogP contribution < -0.4 is 4.90 Å². The van der Waals surface area contributed by atoms with Crippen molar-refractivity contribution in [3.05, 3.63) is 47.3 Å². The van der Waals surface area contributed by atoms with Gasteiger partial charge in [0.15, 0.2) is 5.69 Å². The van der Waals surface area contributed by atoms with E-state index in [2.05, 4.69) is 5.16 Å². The van der Waals surface area contributed by atoms with Crippen LogP contribution in [0.1, 0.15) is 21.8 Å². The molecule has 0 atom stereocenters. The number of alkyl halides is 3. The second-order valence-electron chi connectivity index (χ2n) is 7.59. The van der Waals surface area contributed by atoms with Crippen molar-refractivity contribution in [1.29, 1.82) is 0 Å². The number of aryl methyl sites for hydroxylation is 1. The molecule has 1 aromatic carbocycles. The zero-order chi connectivity index (χ0) is 21.5. The van der Waals surface area contributed by atoms with Gasteiger partial charge in [0.05, 0.1) is 11.5 Å². The predicted molar refractivity (Wildman–Crippen MR) is 101 cm³/mol. The van der Waals surface area contributed by atoms with Gasteiger partial charge in [0, 0.05) is 51.0 Å². The summed E-state index contributed by atoms with van der Waals surface area (Å²) < 4.78 is 43.7. The van der Waals surface area contributed by atoms with Crippen LogP contribution in [-0.4, -0.2) is 66.0 Å². The number of halogens is 3. The lowest BCUT2D eigenvalue weighted by atomic mass is 9.97. The third-order valence-corrected chi connectivity index (χ3v) is 5.50. The Morgan fingerprint density at radius 3 is 2.37 bits per heavy atom. The van der Waals surface area contributed by atoms with Crippen LogP contribution in [0.4, 0.5) is 18.9 Å². The summed E-state index contributed by atoms with van der Waals surface area (Å²) in [6, 6.07) is 6.79. The molecule has 10 heteroatoms. The van der Waals surface area contributed by atoms with E-state index >= 15 is 0 Å². The van der Waals surface area contributed by atoms with E-state index in [1.165, 1.54) is 6.07 Å². The van der Waals surface area contributed by atoms with E-state index in [0.717, 1.165) is 12.1 Å². The first-order chi connectivity index (χ1) is 14.2. The molecule has 0 radical (unpaired) electrons. The highest BCUT2D eigenvalue weighted by Gasteiger charge is 2.39. The number of hydrogen-bond acceptors (Lipinski definition) is 5. The number of anilines is 1. The highest BCUT2D eigenvalue weighted by Crippen LogP contribution is 2.32. The predicted octanol–water partition coefficient (Wildman–Crippen LogP) is 2.42.